The zero-order valence-electron chi connectivity index (χ0n) is 19.4. The van der Waals surface area contributed by atoms with E-state index in [1.807, 2.05) is 54.6 Å². The van der Waals surface area contributed by atoms with Crippen molar-refractivity contribution in [3.05, 3.63) is 82.9 Å². The van der Waals surface area contributed by atoms with E-state index >= 15 is 0 Å². The number of hydrogen-bond acceptors (Lipinski definition) is 6. The van der Waals surface area contributed by atoms with Gasteiger partial charge in [0.05, 0.1) is 26.9 Å². The summed E-state index contributed by atoms with van der Waals surface area (Å²) in [5, 5.41) is 13.6. The standard InChI is InChI=1S/C27H27NO5S/c1-31-20-11-13-25-21(15-20)26(29)22(16-34-25)27(30)28-19-9-6-17(7-10-19)4-5-18-8-12-23(32-2)24(14-18)33-3/h6-15,29H,4-5,16H2,1-3H3,(H,28,30). The van der Waals surface area contributed by atoms with Gasteiger partial charge in [-0.3, -0.25) is 4.79 Å². The lowest BCUT2D eigenvalue weighted by Gasteiger charge is -2.19. The highest BCUT2D eigenvalue weighted by atomic mass is 32.2. The first kappa shape index (κ1) is 23.6. The Balaban J connectivity index is 1.40. The van der Waals surface area contributed by atoms with Crippen molar-refractivity contribution in [3.8, 4) is 17.2 Å². The summed E-state index contributed by atoms with van der Waals surface area (Å²) in [4.78, 5) is 13.8. The number of aliphatic hydroxyl groups is 1. The van der Waals surface area contributed by atoms with Crippen LogP contribution in [-0.4, -0.2) is 38.1 Å². The van der Waals surface area contributed by atoms with Crippen LogP contribution in [-0.2, 0) is 17.6 Å². The van der Waals surface area contributed by atoms with Crippen molar-refractivity contribution in [2.45, 2.75) is 17.7 Å². The van der Waals surface area contributed by atoms with Crippen molar-refractivity contribution in [2.24, 2.45) is 0 Å². The molecule has 3 aromatic carbocycles. The molecule has 0 aromatic heterocycles. The van der Waals surface area contributed by atoms with E-state index < -0.39 is 0 Å². The van der Waals surface area contributed by atoms with Gasteiger partial charge < -0.3 is 24.6 Å². The number of thioether (sulfide) groups is 1. The van der Waals surface area contributed by atoms with Gasteiger partial charge in [0, 0.05) is 21.9 Å². The summed E-state index contributed by atoms with van der Waals surface area (Å²) in [5.41, 5.74) is 3.96. The molecule has 2 N–H and O–H groups in total. The van der Waals surface area contributed by atoms with Crippen LogP contribution in [0, 0.1) is 0 Å². The molecule has 0 bridgehead atoms. The van der Waals surface area contributed by atoms with Crippen molar-refractivity contribution in [1.82, 2.24) is 0 Å². The molecular weight excluding hydrogens is 450 g/mol. The van der Waals surface area contributed by atoms with E-state index in [1.54, 1.807) is 27.4 Å². The third-order valence-corrected chi connectivity index (χ3v) is 6.84. The molecule has 7 heteroatoms. The third-order valence-electron chi connectivity index (χ3n) is 5.74. The van der Waals surface area contributed by atoms with Crippen LogP contribution in [0.3, 0.4) is 0 Å². The predicted molar refractivity (Wildman–Crippen MR) is 135 cm³/mol. The Morgan fingerprint density at radius 1 is 0.882 bits per heavy atom. The van der Waals surface area contributed by atoms with Gasteiger partial charge in [-0.2, -0.15) is 0 Å². The van der Waals surface area contributed by atoms with Gasteiger partial charge in [-0.15, -0.1) is 11.8 Å². The highest BCUT2D eigenvalue weighted by molar-refractivity contribution is 7.99. The maximum absolute atomic E-state index is 12.9. The number of aliphatic hydroxyl groups excluding tert-OH is 1. The summed E-state index contributed by atoms with van der Waals surface area (Å²) in [6.45, 7) is 0. The number of nitrogens with one attached hydrogen (secondary N) is 1. The molecule has 3 aromatic rings. The Hall–Kier alpha value is -3.58. The Labute approximate surface area is 203 Å². The second kappa shape index (κ2) is 10.6. The number of ether oxygens (including phenoxy) is 3. The van der Waals surface area contributed by atoms with Gasteiger partial charge in [-0.1, -0.05) is 18.2 Å². The number of amides is 1. The number of fused-ring (bicyclic) bond motifs is 1. The zero-order valence-corrected chi connectivity index (χ0v) is 20.2. The number of carbonyl (C=O) groups excluding carboxylic acids is 1. The van der Waals surface area contributed by atoms with Crippen molar-refractivity contribution in [1.29, 1.82) is 0 Å². The number of hydrogen-bond donors (Lipinski definition) is 2. The molecule has 1 heterocycles. The largest absolute Gasteiger partial charge is 0.507 e. The summed E-state index contributed by atoms with van der Waals surface area (Å²) in [7, 11) is 4.83. The molecule has 0 spiro atoms. The van der Waals surface area contributed by atoms with Crippen molar-refractivity contribution in [3.63, 3.8) is 0 Å². The Kier molecular flexibility index (Phi) is 7.33. The quantitative estimate of drug-likeness (QED) is 0.445. The van der Waals surface area contributed by atoms with E-state index in [9.17, 15) is 9.90 Å². The molecule has 0 radical (unpaired) electrons. The second-order valence-electron chi connectivity index (χ2n) is 7.82. The van der Waals surface area contributed by atoms with E-state index in [4.69, 9.17) is 14.2 Å². The van der Waals surface area contributed by atoms with Crippen LogP contribution in [0.1, 0.15) is 16.7 Å². The van der Waals surface area contributed by atoms with Crippen molar-refractivity contribution in [2.75, 3.05) is 32.4 Å². The lowest BCUT2D eigenvalue weighted by molar-refractivity contribution is -0.112. The summed E-state index contributed by atoms with van der Waals surface area (Å²) in [6.07, 6.45) is 1.71. The molecule has 6 nitrogen and oxygen atoms in total. The van der Waals surface area contributed by atoms with E-state index in [0.717, 1.165) is 34.6 Å². The molecule has 0 atom stereocenters. The molecule has 0 saturated carbocycles. The highest BCUT2D eigenvalue weighted by Crippen LogP contribution is 2.38. The molecule has 176 valence electrons. The maximum Gasteiger partial charge on any atom is 0.256 e. The number of carbonyl (C=O) groups is 1. The minimum Gasteiger partial charge on any atom is -0.507 e. The molecule has 1 aliphatic heterocycles. The first-order chi connectivity index (χ1) is 16.5. The minimum absolute atomic E-state index is 0.00306. The van der Waals surface area contributed by atoms with Crippen LogP contribution in [0.2, 0.25) is 0 Å². The van der Waals surface area contributed by atoms with Crippen LogP contribution in [0.4, 0.5) is 5.69 Å². The van der Waals surface area contributed by atoms with E-state index in [1.165, 1.54) is 11.8 Å². The van der Waals surface area contributed by atoms with Crippen LogP contribution in [0.25, 0.3) is 5.76 Å². The van der Waals surface area contributed by atoms with Crippen LogP contribution in [0.5, 0.6) is 17.2 Å². The van der Waals surface area contributed by atoms with Gasteiger partial charge in [-0.25, -0.2) is 0 Å². The smallest absolute Gasteiger partial charge is 0.256 e. The summed E-state index contributed by atoms with van der Waals surface area (Å²) in [6, 6.07) is 19.2. The van der Waals surface area contributed by atoms with Gasteiger partial charge in [0.1, 0.15) is 11.5 Å². The summed E-state index contributed by atoms with van der Waals surface area (Å²) >= 11 is 1.52. The van der Waals surface area contributed by atoms with Gasteiger partial charge >= 0.3 is 0 Å². The van der Waals surface area contributed by atoms with Crippen LogP contribution >= 0.6 is 11.8 Å². The third kappa shape index (κ3) is 5.15. The molecule has 0 unspecified atom stereocenters. The molecule has 1 amide bonds. The first-order valence-electron chi connectivity index (χ1n) is 10.9. The van der Waals surface area contributed by atoms with Gasteiger partial charge in [0.25, 0.3) is 5.91 Å². The van der Waals surface area contributed by atoms with Crippen molar-refractivity contribution < 1.29 is 24.1 Å². The summed E-state index contributed by atoms with van der Waals surface area (Å²) in [5.74, 6) is 2.16. The Morgan fingerprint density at radius 2 is 1.59 bits per heavy atom. The molecule has 1 aliphatic rings. The van der Waals surface area contributed by atoms with Crippen LogP contribution < -0.4 is 19.5 Å². The fourth-order valence-electron chi connectivity index (χ4n) is 3.79. The van der Waals surface area contributed by atoms with Crippen molar-refractivity contribution >= 4 is 29.1 Å². The molecule has 4 rings (SSSR count). The van der Waals surface area contributed by atoms with E-state index in [0.29, 0.717) is 34.1 Å². The molecule has 34 heavy (non-hydrogen) atoms. The number of benzene rings is 3. The topological polar surface area (TPSA) is 77.0 Å². The fraction of sp³-hybridized carbons (Fsp3) is 0.222. The number of anilines is 1. The van der Waals surface area contributed by atoms with E-state index in [2.05, 4.69) is 5.32 Å². The molecule has 0 fully saturated rings. The zero-order chi connectivity index (χ0) is 24.1. The molecular formula is C27H27NO5S. The lowest BCUT2D eigenvalue weighted by atomic mass is 10.0. The van der Waals surface area contributed by atoms with Crippen LogP contribution in [0.15, 0.2) is 71.1 Å². The number of methoxy groups -OCH3 is 3. The minimum atomic E-state index is -0.309. The second-order valence-corrected chi connectivity index (χ2v) is 8.84. The summed E-state index contributed by atoms with van der Waals surface area (Å²) < 4.78 is 15.9. The average molecular weight is 478 g/mol. The first-order valence-corrected chi connectivity index (χ1v) is 11.9. The maximum atomic E-state index is 12.9. The van der Waals surface area contributed by atoms with Gasteiger partial charge in [0.15, 0.2) is 11.5 Å². The monoisotopic (exact) mass is 477 g/mol. The Morgan fingerprint density at radius 3 is 2.29 bits per heavy atom. The number of aryl methyl sites for hydroxylation is 2. The van der Waals surface area contributed by atoms with Gasteiger partial charge in [-0.05, 0) is 66.4 Å². The Bertz CT molecular complexity index is 1220. The predicted octanol–water partition coefficient (Wildman–Crippen LogP) is 5.51. The highest BCUT2D eigenvalue weighted by Gasteiger charge is 2.24. The molecule has 0 aliphatic carbocycles. The average Bonchev–Trinajstić information content (AvgIpc) is 2.88. The SMILES string of the molecule is COc1ccc2c(c1)C(O)=C(C(=O)Nc1ccc(CCc3ccc(OC)c(OC)c3)cc1)CS2. The lowest BCUT2D eigenvalue weighted by Crippen LogP contribution is -2.19. The van der Waals surface area contributed by atoms with E-state index in [-0.39, 0.29) is 11.7 Å². The molecule has 0 saturated heterocycles. The fourth-order valence-corrected chi connectivity index (χ4v) is 4.83. The van der Waals surface area contributed by atoms with Gasteiger partial charge in [0.2, 0.25) is 0 Å². The normalized spacial score (nSPS) is 12.7. The number of rotatable bonds is 8.